The van der Waals surface area contributed by atoms with E-state index in [1.54, 1.807) is 0 Å². The lowest BCUT2D eigenvalue weighted by atomic mass is 10.0. The van der Waals surface area contributed by atoms with Gasteiger partial charge in [0, 0.05) is 24.9 Å². The first-order valence-corrected chi connectivity index (χ1v) is 7.20. The number of ether oxygens (including phenoxy) is 1. The average Bonchev–Trinajstić information content (AvgIpc) is 2.51. The molecule has 0 atom stereocenters. The van der Waals surface area contributed by atoms with E-state index in [0.29, 0.717) is 25.5 Å². The fourth-order valence-corrected chi connectivity index (χ4v) is 2.84. The van der Waals surface area contributed by atoms with Crippen LogP contribution in [0.5, 0.6) is 0 Å². The summed E-state index contributed by atoms with van der Waals surface area (Å²) in [5.41, 5.74) is 1.02. The standard InChI is InChI=1S/C16H17ClN2O/c17-16-13(6-5-12-3-1-2-4-14(12)16)11-15(18)19-7-9-20-10-8-19/h1-6,18H,7-11H2. The number of nitrogens with one attached hydrogen (secondary N) is 1. The van der Waals surface area contributed by atoms with Gasteiger partial charge in [0.05, 0.1) is 18.2 Å². The van der Waals surface area contributed by atoms with E-state index in [0.717, 1.165) is 34.4 Å². The van der Waals surface area contributed by atoms with E-state index in [-0.39, 0.29) is 0 Å². The number of hydrogen-bond donors (Lipinski definition) is 1. The highest BCUT2D eigenvalue weighted by molar-refractivity contribution is 6.36. The highest BCUT2D eigenvalue weighted by Gasteiger charge is 2.15. The first-order valence-electron chi connectivity index (χ1n) is 6.82. The van der Waals surface area contributed by atoms with Gasteiger partial charge in [-0.05, 0) is 10.9 Å². The molecule has 2 aromatic carbocycles. The Labute approximate surface area is 123 Å². The van der Waals surface area contributed by atoms with E-state index in [4.69, 9.17) is 21.7 Å². The minimum Gasteiger partial charge on any atom is -0.378 e. The Balaban J connectivity index is 1.83. The van der Waals surface area contributed by atoms with Crippen LogP contribution in [-0.2, 0) is 11.2 Å². The van der Waals surface area contributed by atoms with E-state index in [1.807, 2.05) is 24.3 Å². The van der Waals surface area contributed by atoms with Crippen LogP contribution in [0.1, 0.15) is 5.56 Å². The van der Waals surface area contributed by atoms with E-state index < -0.39 is 0 Å². The number of benzene rings is 2. The molecule has 0 unspecified atom stereocenters. The van der Waals surface area contributed by atoms with E-state index in [2.05, 4.69) is 17.0 Å². The van der Waals surface area contributed by atoms with Crippen molar-refractivity contribution in [2.45, 2.75) is 6.42 Å². The maximum atomic E-state index is 8.24. The summed E-state index contributed by atoms with van der Waals surface area (Å²) >= 11 is 6.48. The number of amidine groups is 1. The van der Waals surface area contributed by atoms with Gasteiger partial charge in [-0.2, -0.15) is 0 Å². The molecular weight excluding hydrogens is 272 g/mol. The fraction of sp³-hybridized carbons (Fsp3) is 0.312. The van der Waals surface area contributed by atoms with Gasteiger partial charge in [0.1, 0.15) is 5.84 Å². The highest BCUT2D eigenvalue weighted by Crippen LogP contribution is 2.27. The van der Waals surface area contributed by atoms with Crippen LogP contribution in [0.15, 0.2) is 36.4 Å². The molecule has 0 spiro atoms. The molecule has 0 bridgehead atoms. The van der Waals surface area contributed by atoms with Gasteiger partial charge in [-0.3, -0.25) is 5.41 Å². The summed E-state index contributed by atoms with van der Waals surface area (Å²) in [6.45, 7) is 3.00. The van der Waals surface area contributed by atoms with E-state index in [1.165, 1.54) is 0 Å². The molecule has 1 N–H and O–H groups in total. The van der Waals surface area contributed by atoms with Gasteiger partial charge in [-0.1, -0.05) is 48.0 Å². The molecule has 20 heavy (non-hydrogen) atoms. The second kappa shape index (κ2) is 5.81. The summed E-state index contributed by atoms with van der Waals surface area (Å²) in [6.07, 6.45) is 0.573. The Hall–Kier alpha value is -1.58. The fourth-order valence-electron chi connectivity index (χ4n) is 2.54. The van der Waals surface area contributed by atoms with Crippen molar-refractivity contribution in [3.8, 4) is 0 Å². The Kier molecular flexibility index (Phi) is 3.90. The Morgan fingerprint density at radius 1 is 1.15 bits per heavy atom. The Morgan fingerprint density at radius 2 is 1.90 bits per heavy atom. The van der Waals surface area contributed by atoms with Crippen molar-refractivity contribution in [3.63, 3.8) is 0 Å². The summed E-state index contributed by atoms with van der Waals surface area (Å²) in [5, 5.41) is 11.2. The van der Waals surface area contributed by atoms with Crippen LogP contribution in [0, 0.1) is 5.41 Å². The van der Waals surface area contributed by atoms with Crippen molar-refractivity contribution in [1.29, 1.82) is 5.41 Å². The van der Waals surface area contributed by atoms with Crippen LogP contribution in [0.25, 0.3) is 10.8 Å². The molecule has 0 aromatic heterocycles. The molecular formula is C16H17ClN2O. The van der Waals surface area contributed by atoms with Crippen LogP contribution < -0.4 is 0 Å². The lowest BCUT2D eigenvalue weighted by Gasteiger charge is -2.29. The zero-order valence-corrected chi connectivity index (χ0v) is 12.0. The summed E-state index contributed by atoms with van der Waals surface area (Å²) in [4.78, 5) is 2.06. The molecule has 1 fully saturated rings. The molecule has 1 heterocycles. The van der Waals surface area contributed by atoms with Crippen LogP contribution in [0.4, 0.5) is 0 Å². The smallest absolute Gasteiger partial charge is 0.100 e. The molecule has 0 amide bonds. The van der Waals surface area contributed by atoms with Crippen LogP contribution in [0.3, 0.4) is 0 Å². The minimum absolute atomic E-state index is 0.573. The molecule has 0 saturated carbocycles. The largest absolute Gasteiger partial charge is 0.378 e. The number of morpholine rings is 1. The van der Waals surface area contributed by atoms with Crippen LogP contribution >= 0.6 is 11.6 Å². The molecule has 1 aliphatic heterocycles. The topological polar surface area (TPSA) is 36.3 Å². The van der Waals surface area contributed by atoms with Gasteiger partial charge < -0.3 is 9.64 Å². The molecule has 0 radical (unpaired) electrons. The molecule has 1 aliphatic rings. The van der Waals surface area contributed by atoms with Gasteiger partial charge >= 0.3 is 0 Å². The van der Waals surface area contributed by atoms with Gasteiger partial charge in [0.15, 0.2) is 0 Å². The monoisotopic (exact) mass is 288 g/mol. The number of hydrogen-bond acceptors (Lipinski definition) is 2. The SMILES string of the molecule is N=C(Cc1ccc2ccccc2c1Cl)N1CCOCC1. The van der Waals surface area contributed by atoms with E-state index >= 15 is 0 Å². The van der Waals surface area contributed by atoms with Gasteiger partial charge in [0.25, 0.3) is 0 Å². The van der Waals surface area contributed by atoms with Crippen LogP contribution in [-0.4, -0.2) is 37.0 Å². The predicted molar refractivity (Wildman–Crippen MR) is 82.8 cm³/mol. The first-order chi connectivity index (χ1) is 9.75. The van der Waals surface area contributed by atoms with Crippen molar-refractivity contribution < 1.29 is 4.74 Å². The lowest BCUT2D eigenvalue weighted by molar-refractivity contribution is 0.0670. The normalized spacial score (nSPS) is 15.6. The summed E-state index contributed by atoms with van der Waals surface area (Å²) < 4.78 is 5.32. The highest BCUT2D eigenvalue weighted by atomic mass is 35.5. The lowest BCUT2D eigenvalue weighted by Crippen LogP contribution is -2.41. The maximum Gasteiger partial charge on any atom is 0.100 e. The Morgan fingerprint density at radius 3 is 2.70 bits per heavy atom. The zero-order chi connectivity index (χ0) is 13.9. The van der Waals surface area contributed by atoms with Gasteiger partial charge in [-0.25, -0.2) is 0 Å². The van der Waals surface area contributed by atoms with Gasteiger partial charge in [-0.15, -0.1) is 0 Å². The number of halogens is 1. The second-order valence-electron chi connectivity index (χ2n) is 4.98. The Bertz CT molecular complexity index is 635. The second-order valence-corrected chi connectivity index (χ2v) is 5.36. The summed E-state index contributed by atoms with van der Waals surface area (Å²) in [7, 11) is 0. The van der Waals surface area contributed by atoms with Crippen molar-refractivity contribution >= 4 is 28.2 Å². The molecule has 104 valence electrons. The maximum absolute atomic E-state index is 8.24. The third kappa shape index (κ3) is 2.65. The first kappa shape index (κ1) is 13.4. The van der Waals surface area contributed by atoms with Crippen molar-refractivity contribution in [2.75, 3.05) is 26.3 Å². The van der Waals surface area contributed by atoms with Gasteiger partial charge in [0.2, 0.25) is 0 Å². The van der Waals surface area contributed by atoms with Crippen molar-refractivity contribution in [2.24, 2.45) is 0 Å². The number of rotatable bonds is 2. The summed E-state index contributed by atoms with van der Waals surface area (Å²) in [6, 6.07) is 12.2. The number of nitrogens with zero attached hydrogens (tertiary/aromatic N) is 1. The summed E-state index contributed by atoms with van der Waals surface area (Å²) in [5.74, 6) is 0.616. The van der Waals surface area contributed by atoms with Crippen LogP contribution in [0.2, 0.25) is 5.02 Å². The zero-order valence-electron chi connectivity index (χ0n) is 11.2. The molecule has 0 aliphatic carbocycles. The van der Waals surface area contributed by atoms with E-state index in [9.17, 15) is 0 Å². The molecule has 3 nitrogen and oxygen atoms in total. The quantitative estimate of drug-likeness (QED) is 0.680. The number of fused-ring (bicyclic) bond motifs is 1. The third-order valence-electron chi connectivity index (χ3n) is 3.69. The average molecular weight is 289 g/mol. The third-order valence-corrected chi connectivity index (χ3v) is 4.14. The predicted octanol–water partition coefficient (Wildman–Crippen LogP) is 3.35. The molecule has 3 rings (SSSR count). The minimum atomic E-state index is 0.573. The van der Waals surface area contributed by atoms with Crippen molar-refractivity contribution in [1.82, 2.24) is 4.90 Å². The molecule has 1 saturated heterocycles. The van der Waals surface area contributed by atoms with Crippen molar-refractivity contribution in [3.05, 3.63) is 47.0 Å². The molecule has 4 heteroatoms. The molecule has 2 aromatic rings.